The predicted octanol–water partition coefficient (Wildman–Crippen LogP) is 6.10. The van der Waals surface area contributed by atoms with Crippen LogP contribution in [-0.4, -0.2) is 11.4 Å². The van der Waals surface area contributed by atoms with Gasteiger partial charge in [-0.15, -0.1) is 13.2 Å². The minimum Gasteiger partial charge on any atom is -0.347 e. The number of nitrogens with one attached hydrogen (secondary N) is 1. The summed E-state index contributed by atoms with van der Waals surface area (Å²) in [5.74, 6) is -0.107. The Hall–Kier alpha value is -1.31. The fourth-order valence-corrected chi connectivity index (χ4v) is 3.09. The van der Waals surface area contributed by atoms with Crippen LogP contribution >= 0.6 is 0 Å². The van der Waals surface area contributed by atoms with E-state index in [-0.39, 0.29) is 11.4 Å². The van der Waals surface area contributed by atoms with Gasteiger partial charge in [0.1, 0.15) is 0 Å². The zero-order valence-electron chi connectivity index (χ0n) is 15.2. The summed E-state index contributed by atoms with van der Waals surface area (Å²) in [6.07, 6.45) is 19.4. The molecule has 0 fully saturated rings. The SMILES string of the molecule is C=CCC(CC=C)(CCCCCCCCCCC)NC(=O)C=C. The smallest absolute Gasteiger partial charge is 0.243 e. The lowest BCUT2D eigenvalue weighted by Crippen LogP contribution is -2.47. The molecule has 2 nitrogen and oxygen atoms in total. The molecule has 0 saturated heterocycles. The summed E-state index contributed by atoms with van der Waals surface area (Å²) >= 11 is 0. The van der Waals surface area contributed by atoms with Gasteiger partial charge in [0.25, 0.3) is 0 Å². The number of rotatable bonds is 16. The number of amides is 1. The van der Waals surface area contributed by atoms with E-state index in [1.807, 2.05) is 12.2 Å². The van der Waals surface area contributed by atoms with E-state index in [1.54, 1.807) is 0 Å². The fraction of sp³-hybridized carbons (Fsp3) is 0.667. The van der Waals surface area contributed by atoms with Crippen molar-refractivity contribution in [2.45, 2.75) is 89.5 Å². The molecule has 0 aliphatic heterocycles. The second kappa shape index (κ2) is 14.3. The lowest BCUT2D eigenvalue weighted by Gasteiger charge is -2.33. The van der Waals surface area contributed by atoms with Crippen LogP contribution in [0, 0.1) is 0 Å². The highest BCUT2D eigenvalue weighted by atomic mass is 16.1. The Kier molecular flexibility index (Phi) is 13.5. The minimum atomic E-state index is -0.240. The van der Waals surface area contributed by atoms with Crippen molar-refractivity contribution in [2.24, 2.45) is 0 Å². The lowest BCUT2D eigenvalue weighted by molar-refractivity contribution is -0.118. The van der Waals surface area contributed by atoms with Gasteiger partial charge >= 0.3 is 0 Å². The second-order valence-corrected chi connectivity index (χ2v) is 6.54. The highest BCUT2D eigenvalue weighted by Crippen LogP contribution is 2.25. The van der Waals surface area contributed by atoms with Gasteiger partial charge in [0.15, 0.2) is 0 Å². The van der Waals surface area contributed by atoms with E-state index >= 15 is 0 Å². The predicted molar refractivity (Wildman–Crippen MR) is 103 cm³/mol. The minimum absolute atomic E-state index is 0.107. The maximum absolute atomic E-state index is 11.7. The van der Waals surface area contributed by atoms with E-state index in [0.717, 1.165) is 25.7 Å². The molecule has 0 spiro atoms. The quantitative estimate of drug-likeness (QED) is 0.208. The summed E-state index contributed by atoms with van der Waals surface area (Å²) < 4.78 is 0. The molecule has 0 bridgehead atoms. The molecule has 0 aromatic carbocycles. The third kappa shape index (κ3) is 11.0. The molecular weight excluding hydrogens is 282 g/mol. The molecule has 0 radical (unpaired) electrons. The van der Waals surface area contributed by atoms with Gasteiger partial charge in [-0.2, -0.15) is 0 Å². The molecule has 0 aromatic heterocycles. The summed E-state index contributed by atoms with van der Waals surface area (Å²) in [4.78, 5) is 11.7. The van der Waals surface area contributed by atoms with Crippen molar-refractivity contribution in [1.82, 2.24) is 5.32 Å². The van der Waals surface area contributed by atoms with Crippen LogP contribution in [0.15, 0.2) is 38.0 Å². The Balaban J connectivity index is 4.12. The van der Waals surface area contributed by atoms with Gasteiger partial charge in [0.05, 0.1) is 0 Å². The normalized spacial score (nSPS) is 11.0. The van der Waals surface area contributed by atoms with E-state index in [1.165, 1.54) is 57.4 Å². The topological polar surface area (TPSA) is 29.1 Å². The Bertz CT molecular complexity index is 336. The van der Waals surface area contributed by atoms with Gasteiger partial charge in [-0.1, -0.05) is 83.4 Å². The van der Waals surface area contributed by atoms with Crippen molar-refractivity contribution in [1.29, 1.82) is 0 Å². The molecule has 0 saturated carbocycles. The standard InChI is InChI=1S/C21H37NO/c1-5-9-10-11-12-13-14-15-16-19-21(17-6-2,18-7-3)22-20(23)8-4/h6-8H,2-5,9-19H2,1H3,(H,22,23). The van der Waals surface area contributed by atoms with Crippen molar-refractivity contribution in [3.05, 3.63) is 38.0 Å². The van der Waals surface area contributed by atoms with Crippen molar-refractivity contribution in [2.75, 3.05) is 0 Å². The number of carbonyl (C=O) groups is 1. The van der Waals surface area contributed by atoms with Gasteiger partial charge in [-0.25, -0.2) is 0 Å². The first-order valence-electron chi connectivity index (χ1n) is 9.30. The third-order valence-corrected chi connectivity index (χ3v) is 4.40. The van der Waals surface area contributed by atoms with Crippen LogP contribution in [0.4, 0.5) is 0 Å². The summed E-state index contributed by atoms with van der Waals surface area (Å²) in [5, 5.41) is 3.11. The molecular formula is C21H37NO. The lowest BCUT2D eigenvalue weighted by atomic mass is 9.85. The van der Waals surface area contributed by atoms with E-state index < -0.39 is 0 Å². The van der Waals surface area contributed by atoms with Crippen LogP contribution in [-0.2, 0) is 4.79 Å². The molecule has 0 aliphatic rings. The number of hydrogen-bond donors (Lipinski definition) is 1. The number of carbonyl (C=O) groups excluding carboxylic acids is 1. The van der Waals surface area contributed by atoms with Gasteiger partial charge < -0.3 is 5.32 Å². The van der Waals surface area contributed by atoms with Crippen molar-refractivity contribution >= 4 is 5.91 Å². The molecule has 0 unspecified atom stereocenters. The molecule has 0 aliphatic carbocycles. The molecule has 132 valence electrons. The van der Waals surface area contributed by atoms with Crippen LogP contribution in [0.1, 0.15) is 84.0 Å². The van der Waals surface area contributed by atoms with Crippen molar-refractivity contribution in [3.8, 4) is 0 Å². The van der Waals surface area contributed by atoms with E-state index in [9.17, 15) is 4.79 Å². The molecule has 23 heavy (non-hydrogen) atoms. The zero-order chi connectivity index (χ0) is 17.4. The maximum atomic E-state index is 11.7. The van der Waals surface area contributed by atoms with Crippen molar-refractivity contribution in [3.63, 3.8) is 0 Å². The van der Waals surface area contributed by atoms with E-state index in [2.05, 4.69) is 32.0 Å². The number of unbranched alkanes of at least 4 members (excludes halogenated alkanes) is 8. The highest BCUT2D eigenvalue weighted by Gasteiger charge is 2.27. The Labute approximate surface area is 144 Å². The van der Waals surface area contributed by atoms with Crippen LogP contribution in [0.5, 0.6) is 0 Å². The first kappa shape index (κ1) is 21.7. The summed E-state index contributed by atoms with van der Waals surface area (Å²) in [6, 6.07) is 0. The largest absolute Gasteiger partial charge is 0.347 e. The average molecular weight is 320 g/mol. The van der Waals surface area contributed by atoms with Crippen LogP contribution in [0.25, 0.3) is 0 Å². The molecule has 0 heterocycles. The Morgan fingerprint density at radius 3 is 1.78 bits per heavy atom. The first-order chi connectivity index (χ1) is 11.1. The second-order valence-electron chi connectivity index (χ2n) is 6.54. The van der Waals surface area contributed by atoms with Crippen LogP contribution in [0.3, 0.4) is 0 Å². The van der Waals surface area contributed by atoms with Gasteiger partial charge in [0.2, 0.25) is 5.91 Å². The molecule has 0 atom stereocenters. The van der Waals surface area contributed by atoms with Crippen molar-refractivity contribution < 1.29 is 4.79 Å². The monoisotopic (exact) mass is 319 g/mol. The van der Waals surface area contributed by atoms with Gasteiger partial charge in [-0.3, -0.25) is 4.79 Å². The Morgan fingerprint density at radius 1 is 0.870 bits per heavy atom. The zero-order valence-corrected chi connectivity index (χ0v) is 15.2. The average Bonchev–Trinajstić information content (AvgIpc) is 2.53. The first-order valence-corrected chi connectivity index (χ1v) is 9.30. The summed E-state index contributed by atoms with van der Waals surface area (Å²) in [5.41, 5.74) is -0.240. The maximum Gasteiger partial charge on any atom is 0.243 e. The molecule has 1 N–H and O–H groups in total. The summed E-state index contributed by atoms with van der Waals surface area (Å²) in [7, 11) is 0. The van der Waals surface area contributed by atoms with E-state index in [0.29, 0.717) is 0 Å². The number of hydrogen-bond acceptors (Lipinski definition) is 1. The van der Waals surface area contributed by atoms with Gasteiger partial charge in [-0.05, 0) is 25.3 Å². The van der Waals surface area contributed by atoms with E-state index in [4.69, 9.17) is 0 Å². The Morgan fingerprint density at radius 2 is 1.35 bits per heavy atom. The molecule has 0 aromatic rings. The molecule has 0 rings (SSSR count). The highest BCUT2D eigenvalue weighted by molar-refractivity contribution is 5.87. The van der Waals surface area contributed by atoms with Crippen LogP contribution in [0.2, 0.25) is 0 Å². The third-order valence-electron chi connectivity index (χ3n) is 4.40. The molecule has 2 heteroatoms. The fourth-order valence-electron chi connectivity index (χ4n) is 3.09. The van der Waals surface area contributed by atoms with Gasteiger partial charge in [0, 0.05) is 5.54 Å². The molecule has 1 amide bonds. The van der Waals surface area contributed by atoms with Crippen LogP contribution < -0.4 is 5.32 Å². The summed E-state index contributed by atoms with van der Waals surface area (Å²) in [6.45, 7) is 13.5.